The van der Waals surface area contributed by atoms with Crippen molar-refractivity contribution in [3.63, 3.8) is 0 Å². The van der Waals surface area contributed by atoms with E-state index in [4.69, 9.17) is 4.74 Å². The summed E-state index contributed by atoms with van der Waals surface area (Å²) in [5, 5.41) is 0. The lowest BCUT2D eigenvalue weighted by atomic mass is 10.1. The number of unbranched alkanes of at least 4 members (excludes halogenated alkanes) is 3. The van der Waals surface area contributed by atoms with Gasteiger partial charge >= 0.3 is 5.97 Å². The lowest BCUT2D eigenvalue weighted by molar-refractivity contribution is -0.134. The van der Waals surface area contributed by atoms with Gasteiger partial charge in [0, 0.05) is 16.2 Å². The summed E-state index contributed by atoms with van der Waals surface area (Å²) < 4.78 is 5.35. The fourth-order valence-electron chi connectivity index (χ4n) is 2.08. The number of hydrogen-bond acceptors (Lipinski definition) is 3. The average Bonchev–Trinajstić information content (AvgIpc) is 2.54. The second-order valence-electron chi connectivity index (χ2n) is 5.17. The predicted octanol–water partition coefficient (Wildman–Crippen LogP) is 5.71. The minimum atomic E-state index is -0.139. The molecule has 0 N–H and O–H groups in total. The lowest BCUT2D eigenvalue weighted by Crippen LogP contribution is -2.07. The molecule has 0 heterocycles. The molecule has 0 aromatic heterocycles. The van der Waals surface area contributed by atoms with Crippen LogP contribution in [0.25, 0.3) is 0 Å². The summed E-state index contributed by atoms with van der Waals surface area (Å²) in [4.78, 5) is 14.1. The first-order valence-electron chi connectivity index (χ1n) is 7.81. The van der Waals surface area contributed by atoms with Gasteiger partial charge in [-0.25, -0.2) is 0 Å². The van der Waals surface area contributed by atoms with Gasteiger partial charge in [0.2, 0.25) is 0 Å². The van der Waals surface area contributed by atoms with E-state index in [1.807, 2.05) is 42.5 Å². The van der Waals surface area contributed by atoms with E-state index < -0.39 is 0 Å². The molecule has 116 valence electrons. The number of ether oxygens (including phenoxy) is 1. The average molecular weight is 314 g/mol. The maximum atomic E-state index is 11.7. The van der Waals surface area contributed by atoms with Crippen molar-refractivity contribution in [2.75, 3.05) is 0 Å². The minimum absolute atomic E-state index is 0.139. The monoisotopic (exact) mass is 314 g/mol. The Bertz CT molecular complexity index is 564. The van der Waals surface area contributed by atoms with Gasteiger partial charge in [0.05, 0.1) is 0 Å². The number of esters is 1. The van der Waals surface area contributed by atoms with Crippen molar-refractivity contribution in [1.82, 2.24) is 0 Å². The SMILES string of the molecule is CCCCCCC(=O)Oc1ccc(Sc2ccccc2)cc1. The molecule has 0 amide bonds. The van der Waals surface area contributed by atoms with Crippen LogP contribution in [0.4, 0.5) is 0 Å². The van der Waals surface area contributed by atoms with Gasteiger partial charge in [-0.1, -0.05) is 56.1 Å². The first kappa shape index (κ1) is 16.6. The van der Waals surface area contributed by atoms with Crippen LogP contribution in [0.5, 0.6) is 5.75 Å². The van der Waals surface area contributed by atoms with E-state index in [0.29, 0.717) is 12.2 Å². The van der Waals surface area contributed by atoms with Gasteiger partial charge in [-0.2, -0.15) is 0 Å². The minimum Gasteiger partial charge on any atom is -0.427 e. The van der Waals surface area contributed by atoms with Gasteiger partial charge in [-0.05, 0) is 42.8 Å². The molecule has 0 spiro atoms. The Hall–Kier alpha value is -1.74. The van der Waals surface area contributed by atoms with Gasteiger partial charge < -0.3 is 4.74 Å². The van der Waals surface area contributed by atoms with E-state index in [0.717, 1.165) is 17.7 Å². The molecule has 2 aromatic carbocycles. The molecule has 0 saturated carbocycles. The Balaban J connectivity index is 1.80. The van der Waals surface area contributed by atoms with Gasteiger partial charge in [-0.3, -0.25) is 4.79 Å². The van der Waals surface area contributed by atoms with Gasteiger partial charge in [-0.15, -0.1) is 0 Å². The van der Waals surface area contributed by atoms with Gasteiger partial charge in [0.25, 0.3) is 0 Å². The normalized spacial score (nSPS) is 10.4. The fourth-order valence-corrected chi connectivity index (χ4v) is 2.92. The maximum Gasteiger partial charge on any atom is 0.311 e. The Labute approximate surface area is 136 Å². The summed E-state index contributed by atoms with van der Waals surface area (Å²) in [5.74, 6) is 0.484. The number of carbonyl (C=O) groups excluding carboxylic acids is 1. The van der Waals surface area contributed by atoms with Crippen LogP contribution >= 0.6 is 11.8 Å². The van der Waals surface area contributed by atoms with Crippen molar-refractivity contribution in [1.29, 1.82) is 0 Å². The van der Waals surface area contributed by atoms with Crippen LogP contribution in [0.15, 0.2) is 64.4 Å². The third-order valence-electron chi connectivity index (χ3n) is 3.27. The second-order valence-corrected chi connectivity index (χ2v) is 6.32. The summed E-state index contributed by atoms with van der Waals surface area (Å²) in [5.41, 5.74) is 0. The molecule has 3 heteroatoms. The summed E-state index contributed by atoms with van der Waals surface area (Å²) in [6.45, 7) is 2.16. The van der Waals surface area contributed by atoms with Crippen LogP contribution in [-0.2, 0) is 4.79 Å². The molecule has 0 unspecified atom stereocenters. The fraction of sp³-hybridized carbons (Fsp3) is 0.316. The number of hydrogen-bond donors (Lipinski definition) is 0. The summed E-state index contributed by atoms with van der Waals surface area (Å²) in [7, 11) is 0. The Morgan fingerprint density at radius 3 is 2.27 bits per heavy atom. The highest BCUT2D eigenvalue weighted by Crippen LogP contribution is 2.28. The molecular weight excluding hydrogens is 292 g/mol. The van der Waals surface area contributed by atoms with Crippen LogP contribution in [0.1, 0.15) is 39.0 Å². The number of benzene rings is 2. The highest BCUT2D eigenvalue weighted by Gasteiger charge is 2.05. The van der Waals surface area contributed by atoms with Gasteiger partial charge in [0.1, 0.15) is 5.75 Å². The molecule has 2 nitrogen and oxygen atoms in total. The predicted molar refractivity (Wildman–Crippen MR) is 91.4 cm³/mol. The zero-order valence-corrected chi connectivity index (χ0v) is 13.8. The smallest absolute Gasteiger partial charge is 0.311 e. The lowest BCUT2D eigenvalue weighted by Gasteiger charge is -2.06. The second kappa shape index (κ2) is 9.31. The summed E-state index contributed by atoms with van der Waals surface area (Å²) >= 11 is 1.69. The van der Waals surface area contributed by atoms with Crippen molar-refractivity contribution < 1.29 is 9.53 Å². The van der Waals surface area contributed by atoms with Crippen molar-refractivity contribution in [2.45, 2.75) is 48.8 Å². The zero-order chi connectivity index (χ0) is 15.6. The molecule has 2 rings (SSSR count). The molecule has 0 bridgehead atoms. The van der Waals surface area contributed by atoms with Gasteiger partial charge in [0.15, 0.2) is 0 Å². The van der Waals surface area contributed by atoms with Crippen LogP contribution in [0.2, 0.25) is 0 Å². The van der Waals surface area contributed by atoms with E-state index >= 15 is 0 Å². The maximum absolute atomic E-state index is 11.7. The van der Waals surface area contributed by atoms with E-state index in [-0.39, 0.29) is 5.97 Å². The molecule has 0 aliphatic heterocycles. The van der Waals surface area contributed by atoms with E-state index in [9.17, 15) is 4.79 Å². The standard InChI is InChI=1S/C19H22O2S/c1-2-3-4-8-11-19(20)21-16-12-14-18(15-13-16)22-17-9-6-5-7-10-17/h5-7,9-10,12-15H,2-4,8,11H2,1H3. The topological polar surface area (TPSA) is 26.3 Å². The Morgan fingerprint density at radius 2 is 1.59 bits per heavy atom. The van der Waals surface area contributed by atoms with E-state index in [2.05, 4.69) is 19.1 Å². The quantitative estimate of drug-likeness (QED) is 0.354. The van der Waals surface area contributed by atoms with Crippen LogP contribution in [0, 0.1) is 0 Å². The van der Waals surface area contributed by atoms with Crippen LogP contribution in [0.3, 0.4) is 0 Å². The van der Waals surface area contributed by atoms with Crippen LogP contribution < -0.4 is 4.74 Å². The van der Waals surface area contributed by atoms with E-state index in [1.54, 1.807) is 11.8 Å². The highest BCUT2D eigenvalue weighted by molar-refractivity contribution is 7.99. The van der Waals surface area contributed by atoms with Crippen molar-refractivity contribution >= 4 is 17.7 Å². The summed E-state index contributed by atoms with van der Waals surface area (Å²) in [6, 6.07) is 17.9. The summed E-state index contributed by atoms with van der Waals surface area (Å²) in [6.07, 6.45) is 4.86. The van der Waals surface area contributed by atoms with Crippen molar-refractivity contribution in [3.05, 3.63) is 54.6 Å². The zero-order valence-electron chi connectivity index (χ0n) is 13.0. The Morgan fingerprint density at radius 1 is 0.909 bits per heavy atom. The van der Waals surface area contributed by atoms with Crippen LogP contribution in [-0.4, -0.2) is 5.97 Å². The molecule has 22 heavy (non-hydrogen) atoms. The first-order valence-corrected chi connectivity index (χ1v) is 8.63. The molecular formula is C19H22O2S. The largest absolute Gasteiger partial charge is 0.427 e. The molecule has 0 aliphatic carbocycles. The third-order valence-corrected chi connectivity index (χ3v) is 4.28. The molecule has 0 fully saturated rings. The third kappa shape index (κ3) is 5.94. The molecule has 0 saturated heterocycles. The first-order chi connectivity index (χ1) is 10.8. The molecule has 0 aliphatic rings. The molecule has 2 aromatic rings. The van der Waals surface area contributed by atoms with E-state index in [1.165, 1.54) is 17.7 Å². The van der Waals surface area contributed by atoms with Crippen molar-refractivity contribution in [3.8, 4) is 5.75 Å². The molecule has 0 radical (unpaired) electrons. The number of rotatable bonds is 8. The molecule has 0 atom stereocenters. The number of carbonyl (C=O) groups is 1. The van der Waals surface area contributed by atoms with Crippen molar-refractivity contribution in [2.24, 2.45) is 0 Å². The Kier molecular flexibility index (Phi) is 7.04. The highest BCUT2D eigenvalue weighted by atomic mass is 32.2.